The second-order valence-electron chi connectivity index (χ2n) is 5.67. The zero-order valence-corrected chi connectivity index (χ0v) is 15.8. The van der Waals surface area contributed by atoms with Crippen molar-refractivity contribution >= 4 is 27.3 Å². The minimum absolute atomic E-state index is 0.00732. The van der Waals surface area contributed by atoms with Crippen molar-refractivity contribution in [1.82, 2.24) is 9.55 Å². The highest BCUT2D eigenvalue weighted by atomic mass is 79.9. The van der Waals surface area contributed by atoms with Crippen LogP contribution in [0.5, 0.6) is 5.75 Å². The summed E-state index contributed by atoms with van der Waals surface area (Å²) in [6.07, 6.45) is 3.53. The molecule has 26 heavy (non-hydrogen) atoms. The molecule has 0 aliphatic carbocycles. The van der Waals surface area contributed by atoms with Gasteiger partial charge in [-0.25, -0.2) is 4.98 Å². The number of hydrogen-bond donors (Lipinski definition) is 1. The predicted octanol–water partition coefficient (Wildman–Crippen LogP) is 4.30. The molecule has 0 saturated carbocycles. The van der Waals surface area contributed by atoms with Crippen molar-refractivity contribution < 1.29 is 9.66 Å². The van der Waals surface area contributed by atoms with Gasteiger partial charge < -0.3 is 14.6 Å². The average molecular weight is 417 g/mol. The van der Waals surface area contributed by atoms with E-state index in [4.69, 9.17) is 4.74 Å². The lowest BCUT2D eigenvalue weighted by molar-refractivity contribution is -0.384. The van der Waals surface area contributed by atoms with Gasteiger partial charge in [0.15, 0.2) is 0 Å². The fourth-order valence-corrected chi connectivity index (χ4v) is 3.03. The number of anilines is 1. The summed E-state index contributed by atoms with van der Waals surface area (Å²) in [5, 5.41) is 14.7. The van der Waals surface area contributed by atoms with Gasteiger partial charge in [-0.3, -0.25) is 10.1 Å². The first-order valence-electron chi connectivity index (χ1n) is 7.81. The van der Waals surface area contributed by atoms with E-state index in [-0.39, 0.29) is 11.7 Å². The second kappa shape index (κ2) is 7.57. The maximum atomic E-state index is 11.4. The Hall–Kier alpha value is -2.87. The van der Waals surface area contributed by atoms with Crippen LogP contribution in [-0.2, 0) is 7.05 Å². The van der Waals surface area contributed by atoms with Gasteiger partial charge in [0.2, 0.25) is 0 Å². The van der Waals surface area contributed by atoms with Crippen LogP contribution in [0.1, 0.15) is 17.4 Å². The van der Waals surface area contributed by atoms with Crippen LogP contribution in [0.15, 0.2) is 59.3 Å². The van der Waals surface area contributed by atoms with E-state index in [0.717, 1.165) is 17.1 Å². The van der Waals surface area contributed by atoms with E-state index in [0.29, 0.717) is 10.2 Å². The molecule has 1 aromatic heterocycles. The van der Waals surface area contributed by atoms with E-state index in [1.54, 1.807) is 25.4 Å². The van der Waals surface area contributed by atoms with Crippen LogP contribution in [-0.4, -0.2) is 21.6 Å². The molecule has 0 amide bonds. The van der Waals surface area contributed by atoms with E-state index in [2.05, 4.69) is 26.2 Å². The first kappa shape index (κ1) is 17.9. The van der Waals surface area contributed by atoms with Crippen LogP contribution in [0.25, 0.3) is 0 Å². The van der Waals surface area contributed by atoms with Crippen LogP contribution < -0.4 is 10.1 Å². The maximum Gasteiger partial charge on any atom is 0.293 e. The third kappa shape index (κ3) is 3.70. The summed E-state index contributed by atoms with van der Waals surface area (Å²) in [6, 6.07) is 12.1. The largest absolute Gasteiger partial charge is 0.497 e. The summed E-state index contributed by atoms with van der Waals surface area (Å²) in [7, 11) is 3.49. The number of benzene rings is 2. The van der Waals surface area contributed by atoms with Gasteiger partial charge in [-0.05, 0) is 29.8 Å². The predicted molar refractivity (Wildman–Crippen MR) is 102 cm³/mol. The first-order valence-corrected chi connectivity index (χ1v) is 8.60. The standard InChI is InChI=1S/C18H17BrN4O3/c1-22-10-9-20-18(22)17(12-3-6-14(26-2)7-4-12)21-15-8-5-13(19)11-16(15)23(24)25/h3-11,17,21H,1-2H3. The number of methoxy groups -OCH3 is 1. The fourth-order valence-electron chi connectivity index (χ4n) is 2.68. The van der Waals surface area contributed by atoms with Gasteiger partial charge in [0.25, 0.3) is 5.69 Å². The lowest BCUT2D eigenvalue weighted by Crippen LogP contribution is -2.17. The number of nitro benzene ring substituents is 1. The molecule has 3 aromatic rings. The Balaban J connectivity index is 2.05. The molecule has 134 valence electrons. The molecule has 0 aliphatic rings. The number of nitrogens with zero attached hydrogens (tertiary/aromatic N) is 3. The Kier molecular flexibility index (Phi) is 5.22. The minimum atomic E-state index is -0.406. The van der Waals surface area contributed by atoms with Gasteiger partial charge >= 0.3 is 0 Å². The Morgan fingerprint density at radius 3 is 2.58 bits per heavy atom. The van der Waals surface area contributed by atoms with Crippen molar-refractivity contribution in [2.24, 2.45) is 7.05 Å². The molecular formula is C18H17BrN4O3. The summed E-state index contributed by atoms with van der Waals surface area (Å²) in [5.74, 6) is 1.48. The molecule has 1 unspecified atom stereocenters. The molecule has 0 aliphatic heterocycles. The van der Waals surface area contributed by atoms with Gasteiger partial charge in [-0.1, -0.05) is 28.1 Å². The van der Waals surface area contributed by atoms with E-state index in [1.165, 1.54) is 6.07 Å². The molecule has 7 nitrogen and oxygen atoms in total. The zero-order chi connectivity index (χ0) is 18.7. The Bertz CT molecular complexity index is 924. The van der Waals surface area contributed by atoms with Crippen molar-refractivity contribution in [1.29, 1.82) is 0 Å². The summed E-state index contributed by atoms with van der Waals surface area (Å²) >= 11 is 3.28. The van der Waals surface area contributed by atoms with Crippen molar-refractivity contribution in [2.75, 3.05) is 12.4 Å². The number of hydrogen-bond acceptors (Lipinski definition) is 5. The van der Waals surface area contributed by atoms with Gasteiger partial charge in [-0.15, -0.1) is 0 Å². The Morgan fingerprint density at radius 2 is 2.00 bits per heavy atom. The van der Waals surface area contributed by atoms with Crippen LogP contribution in [0.4, 0.5) is 11.4 Å². The average Bonchev–Trinajstić information content (AvgIpc) is 3.06. The molecule has 1 heterocycles. The second-order valence-corrected chi connectivity index (χ2v) is 6.58. The van der Waals surface area contributed by atoms with Gasteiger partial charge in [0, 0.05) is 30.0 Å². The monoisotopic (exact) mass is 416 g/mol. The smallest absolute Gasteiger partial charge is 0.293 e. The molecule has 1 atom stereocenters. The van der Waals surface area contributed by atoms with E-state index in [1.807, 2.05) is 42.1 Å². The van der Waals surface area contributed by atoms with Crippen LogP contribution in [0.3, 0.4) is 0 Å². The highest BCUT2D eigenvalue weighted by molar-refractivity contribution is 9.10. The Morgan fingerprint density at radius 1 is 1.27 bits per heavy atom. The number of nitro groups is 1. The molecule has 1 N–H and O–H groups in total. The van der Waals surface area contributed by atoms with Gasteiger partial charge in [0.1, 0.15) is 23.3 Å². The summed E-state index contributed by atoms with van der Waals surface area (Å²) in [5.41, 5.74) is 1.33. The SMILES string of the molecule is COc1ccc(C(Nc2ccc(Br)cc2[N+](=O)[O-])c2nccn2C)cc1. The summed E-state index contributed by atoms with van der Waals surface area (Å²) in [6.45, 7) is 0. The van der Waals surface area contributed by atoms with E-state index in [9.17, 15) is 10.1 Å². The van der Waals surface area contributed by atoms with Gasteiger partial charge in [-0.2, -0.15) is 0 Å². The fraction of sp³-hybridized carbons (Fsp3) is 0.167. The molecule has 8 heteroatoms. The number of nitrogens with one attached hydrogen (secondary N) is 1. The van der Waals surface area contributed by atoms with Crippen LogP contribution >= 0.6 is 15.9 Å². The third-order valence-corrected chi connectivity index (χ3v) is 4.52. The topological polar surface area (TPSA) is 82.2 Å². The number of ether oxygens (including phenoxy) is 1. The first-order chi connectivity index (χ1) is 12.5. The molecule has 0 fully saturated rings. The molecule has 0 radical (unpaired) electrons. The zero-order valence-electron chi connectivity index (χ0n) is 14.2. The minimum Gasteiger partial charge on any atom is -0.497 e. The highest BCUT2D eigenvalue weighted by Gasteiger charge is 2.23. The molecule has 0 bridgehead atoms. The molecule has 0 spiro atoms. The number of rotatable bonds is 6. The molecular weight excluding hydrogens is 400 g/mol. The Labute approximate surface area is 158 Å². The highest BCUT2D eigenvalue weighted by Crippen LogP contribution is 2.33. The maximum absolute atomic E-state index is 11.4. The lowest BCUT2D eigenvalue weighted by Gasteiger charge is -2.20. The van der Waals surface area contributed by atoms with Crippen molar-refractivity contribution in [3.8, 4) is 5.75 Å². The summed E-state index contributed by atoms with van der Waals surface area (Å²) < 4.78 is 7.74. The van der Waals surface area contributed by atoms with Crippen LogP contribution in [0.2, 0.25) is 0 Å². The number of aryl methyl sites for hydroxylation is 1. The van der Waals surface area contributed by atoms with E-state index < -0.39 is 4.92 Å². The summed E-state index contributed by atoms with van der Waals surface area (Å²) in [4.78, 5) is 15.4. The molecule has 0 saturated heterocycles. The molecule has 3 rings (SSSR count). The number of imidazole rings is 1. The van der Waals surface area contributed by atoms with Crippen molar-refractivity contribution in [3.63, 3.8) is 0 Å². The van der Waals surface area contributed by atoms with Crippen LogP contribution in [0, 0.1) is 10.1 Å². The number of aromatic nitrogens is 2. The molecule has 2 aromatic carbocycles. The van der Waals surface area contributed by atoms with Gasteiger partial charge in [0.05, 0.1) is 12.0 Å². The van der Waals surface area contributed by atoms with Crippen molar-refractivity contribution in [2.45, 2.75) is 6.04 Å². The van der Waals surface area contributed by atoms with E-state index >= 15 is 0 Å². The lowest BCUT2D eigenvalue weighted by atomic mass is 10.0. The quantitative estimate of drug-likeness (QED) is 0.478. The number of halogens is 1. The third-order valence-electron chi connectivity index (χ3n) is 4.02. The normalized spacial score (nSPS) is 11.8. The van der Waals surface area contributed by atoms with Crippen molar-refractivity contribution in [3.05, 3.63) is 80.8 Å².